The summed E-state index contributed by atoms with van der Waals surface area (Å²) < 4.78 is 5.63. The standard InChI is InChI=1S/C18H18N4O3S/c1-2-13-5-7-14(8-6-13)25-18-16(22(23)24)17(20-12-21-18)19-10-9-15-4-3-11-26-15/h3-8,11-12H,2,9-10H2,1H3,(H,19,20,21). The van der Waals surface area contributed by atoms with E-state index in [1.165, 1.54) is 11.2 Å². The van der Waals surface area contributed by atoms with Gasteiger partial charge in [-0.05, 0) is 42.0 Å². The first-order valence-corrected chi connectivity index (χ1v) is 9.07. The van der Waals surface area contributed by atoms with Crippen LogP contribution >= 0.6 is 11.3 Å². The van der Waals surface area contributed by atoms with Crippen LogP contribution in [0.1, 0.15) is 17.4 Å². The maximum absolute atomic E-state index is 11.5. The molecule has 0 fully saturated rings. The van der Waals surface area contributed by atoms with Crippen molar-refractivity contribution in [3.8, 4) is 11.6 Å². The molecule has 0 spiro atoms. The summed E-state index contributed by atoms with van der Waals surface area (Å²) in [7, 11) is 0. The van der Waals surface area contributed by atoms with E-state index in [-0.39, 0.29) is 17.4 Å². The second-order valence-electron chi connectivity index (χ2n) is 5.49. The van der Waals surface area contributed by atoms with Crippen molar-refractivity contribution >= 4 is 22.8 Å². The number of rotatable bonds is 8. The number of anilines is 1. The normalized spacial score (nSPS) is 10.5. The highest BCUT2D eigenvalue weighted by atomic mass is 32.1. The van der Waals surface area contributed by atoms with Crippen LogP contribution in [-0.4, -0.2) is 21.4 Å². The van der Waals surface area contributed by atoms with Gasteiger partial charge in [0.15, 0.2) is 0 Å². The highest BCUT2D eigenvalue weighted by Gasteiger charge is 2.24. The molecule has 0 unspecified atom stereocenters. The van der Waals surface area contributed by atoms with E-state index in [2.05, 4.69) is 22.2 Å². The monoisotopic (exact) mass is 370 g/mol. The van der Waals surface area contributed by atoms with Crippen LogP contribution in [0.3, 0.4) is 0 Å². The van der Waals surface area contributed by atoms with Crippen molar-refractivity contribution in [1.82, 2.24) is 9.97 Å². The van der Waals surface area contributed by atoms with Crippen molar-refractivity contribution < 1.29 is 9.66 Å². The van der Waals surface area contributed by atoms with Gasteiger partial charge in [-0.2, -0.15) is 4.98 Å². The molecule has 7 nitrogen and oxygen atoms in total. The summed E-state index contributed by atoms with van der Waals surface area (Å²) in [4.78, 5) is 20.2. The number of nitrogens with one attached hydrogen (secondary N) is 1. The van der Waals surface area contributed by atoms with Crippen LogP contribution in [0.25, 0.3) is 0 Å². The second kappa shape index (κ2) is 8.39. The molecule has 2 aromatic heterocycles. The molecule has 1 aromatic carbocycles. The lowest BCUT2D eigenvalue weighted by Gasteiger charge is -2.09. The summed E-state index contributed by atoms with van der Waals surface area (Å²) in [6, 6.07) is 11.4. The Morgan fingerprint density at radius 3 is 2.69 bits per heavy atom. The molecule has 0 aliphatic rings. The lowest BCUT2D eigenvalue weighted by molar-refractivity contribution is -0.385. The molecular formula is C18H18N4O3S. The summed E-state index contributed by atoms with van der Waals surface area (Å²) in [5.41, 5.74) is 0.892. The van der Waals surface area contributed by atoms with Crippen molar-refractivity contribution in [1.29, 1.82) is 0 Å². The second-order valence-corrected chi connectivity index (χ2v) is 6.52. The number of hydrogen-bond acceptors (Lipinski definition) is 7. The molecule has 0 amide bonds. The van der Waals surface area contributed by atoms with Gasteiger partial charge >= 0.3 is 11.6 Å². The molecule has 2 heterocycles. The van der Waals surface area contributed by atoms with Crippen LogP contribution in [0.15, 0.2) is 48.1 Å². The van der Waals surface area contributed by atoms with Gasteiger partial charge in [0.2, 0.25) is 5.82 Å². The third-order valence-corrected chi connectivity index (χ3v) is 4.70. The molecule has 1 N–H and O–H groups in total. The summed E-state index contributed by atoms with van der Waals surface area (Å²) in [5.74, 6) is 0.572. The van der Waals surface area contributed by atoms with Crippen LogP contribution < -0.4 is 10.1 Å². The Bertz CT molecular complexity index is 867. The predicted octanol–water partition coefficient (Wildman–Crippen LogP) is 4.46. The Morgan fingerprint density at radius 2 is 2.04 bits per heavy atom. The summed E-state index contributed by atoms with van der Waals surface area (Å²) in [6.45, 7) is 2.59. The number of benzene rings is 1. The molecule has 0 aliphatic heterocycles. The van der Waals surface area contributed by atoms with Crippen molar-refractivity contribution in [2.75, 3.05) is 11.9 Å². The van der Waals surface area contributed by atoms with Gasteiger partial charge < -0.3 is 10.1 Å². The Hall–Kier alpha value is -3.00. The van der Waals surface area contributed by atoms with Crippen molar-refractivity contribution in [2.24, 2.45) is 0 Å². The van der Waals surface area contributed by atoms with Crippen LogP contribution in [0.4, 0.5) is 11.5 Å². The molecule has 3 aromatic rings. The van der Waals surface area contributed by atoms with Gasteiger partial charge in [-0.15, -0.1) is 11.3 Å². The van der Waals surface area contributed by atoms with Crippen LogP contribution in [0.5, 0.6) is 11.6 Å². The number of nitrogens with zero attached hydrogens (tertiary/aromatic N) is 3. The van der Waals surface area contributed by atoms with E-state index in [4.69, 9.17) is 4.74 Å². The number of hydrogen-bond donors (Lipinski definition) is 1. The zero-order chi connectivity index (χ0) is 18.4. The Kier molecular flexibility index (Phi) is 5.75. The van der Waals surface area contributed by atoms with Gasteiger partial charge in [0.1, 0.15) is 12.1 Å². The quantitative estimate of drug-likeness (QED) is 0.465. The van der Waals surface area contributed by atoms with Gasteiger partial charge in [-0.25, -0.2) is 4.98 Å². The molecule has 0 atom stereocenters. The Balaban J connectivity index is 1.77. The number of thiophene rings is 1. The van der Waals surface area contributed by atoms with E-state index in [0.29, 0.717) is 12.3 Å². The minimum atomic E-state index is -0.525. The van der Waals surface area contributed by atoms with Gasteiger partial charge in [0.25, 0.3) is 0 Å². The average molecular weight is 370 g/mol. The predicted molar refractivity (Wildman–Crippen MR) is 101 cm³/mol. The molecular weight excluding hydrogens is 352 g/mol. The van der Waals surface area contributed by atoms with Gasteiger partial charge in [0, 0.05) is 11.4 Å². The zero-order valence-corrected chi connectivity index (χ0v) is 15.0. The Labute approximate surface area is 154 Å². The average Bonchev–Trinajstić information content (AvgIpc) is 3.16. The highest BCUT2D eigenvalue weighted by molar-refractivity contribution is 7.09. The minimum absolute atomic E-state index is 0.0760. The first kappa shape index (κ1) is 17.8. The molecule has 3 rings (SSSR count). The maximum Gasteiger partial charge on any atom is 0.373 e. The SMILES string of the molecule is CCc1ccc(Oc2ncnc(NCCc3cccs3)c2[N+](=O)[O-])cc1. The number of ether oxygens (including phenoxy) is 1. The maximum atomic E-state index is 11.5. The van der Waals surface area contributed by atoms with Gasteiger partial charge in [-0.3, -0.25) is 10.1 Å². The molecule has 0 saturated carbocycles. The third kappa shape index (κ3) is 4.34. The smallest absolute Gasteiger partial charge is 0.373 e. The van der Waals surface area contributed by atoms with Gasteiger partial charge in [0.05, 0.1) is 4.92 Å². The van der Waals surface area contributed by atoms with Gasteiger partial charge in [-0.1, -0.05) is 25.1 Å². The topological polar surface area (TPSA) is 90.2 Å². The fourth-order valence-electron chi connectivity index (χ4n) is 2.39. The first-order chi connectivity index (χ1) is 12.7. The fraction of sp³-hybridized carbons (Fsp3) is 0.222. The molecule has 134 valence electrons. The summed E-state index contributed by atoms with van der Waals surface area (Å²) >= 11 is 1.65. The van der Waals surface area contributed by atoms with Crippen LogP contribution in [0, 0.1) is 10.1 Å². The molecule has 0 saturated heterocycles. The van der Waals surface area contributed by atoms with E-state index in [0.717, 1.165) is 18.4 Å². The molecule has 0 aliphatic carbocycles. The van der Waals surface area contributed by atoms with E-state index in [1.807, 2.05) is 29.6 Å². The lowest BCUT2D eigenvalue weighted by Crippen LogP contribution is -2.09. The van der Waals surface area contributed by atoms with Crippen molar-refractivity contribution in [3.63, 3.8) is 0 Å². The van der Waals surface area contributed by atoms with E-state index >= 15 is 0 Å². The number of aromatic nitrogens is 2. The summed E-state index contributed by atoms with van der Waals surface area (Å²) in [5, 5.41) is 16.5. The first-order valence-electron chi connectivity index (χ1n) is 8.19. The van der Waals surface area contributed by atoms with Crippen LogP contribution in [-0.2, 0) is 12.8 Å². The number of aryl methyl sites for hydroxylation is 1. The van der Waals surface area contributed by atoms with Crippen LogP contribution in [0.2, 0.25) is 0 Å². The van der Waals surface area contributed by atoms with E-state index in [9.17, 15) is 10.1 Å². The molecule has 0 bridgehead atoms. The van der Waals surface area contributed by atoms with E-state index in [1.54, 1.807) is 23.5 Å². The fourth-order valence-corrected chi connectivity index (χ4v) is 3.10. The van der Waals surface area contributed by atoms with Crippen molar-refractivity contribution in [2.45, 2.75) is 19.8 Å². The molecule has 26 heavy (non-hydrogen) atoms. The third-order valence-electron chi connectivity index (χ3n) is 3.76. The van der Waals surface area contributed by atoms with E-state index < -0.39 is 4.92 Å². The van der Waals surface area contributed by atoms with Crippen molar-refractivity contribution in [3.05, 3.63) is 68.7 Å². The Morgan fingerprint density at radius 1 is 1.23 bits per heavy atom. The molecule has 0 radical (unpaired) electrons. The molecule has 8 heteroatoms. The number of nitro groups is 1. The summed E-state index contributed by atoms with van der Waals surface area (Å²) in [6.07, 6.45) is 2.93. The lowest BCUT2D eigenvalue weighted by atomic mass is 10.2. The minimum Gasteiger partial charge on any atom is -0.434 e. The zero-order valence-electron chi connectivity index (χ0n) is 14.2. The highest BCUT2D eigenvalue weighted by Crippen LogP contribution is 2.34. The largest absolute Gasteiger partial charge is 0.434 e.